The predicted molar refractivity (Wildman–Crippen MR) is 126 cm³/mol. The highest BCUT2D eigenvalue weighted by atomic mass is 16.5. The van der Waals surface area contributed by atoms with E-state index in [-0.39, 0.29) is 17.8 Å². The van der Waals surface area contributed by atoms with Gasteiger partial charge < -0.3 is 4.74 Å². The number of hydrogen-bond acceptors (Lipinski definition) is 2. The van der Waals surface area contributed by atoms with Crippen molar-refractivity contribution in [2.24, 2.45) is 5.92 Å². The van der Waals surface area contributed by atoms with Gasteiger partial charge in [-0.1, -0.05) is 115 Å². The predicted octanol–water partition coefficient (Wildman–Crippen LogP) is 7.14. The number of para-hydroxylation sites is 1. The van der Waals surface area contributed by atoms with E-state index in [1.807, 2.05) is 109 Å². The first kappa shape index (κ1) is 20.6. The monoisotopic (exact) mass is 406 g/mol. The van der Waals surface area contributed by atoms with Gasteiger partial charge in [-0.05, 0) is 36.0 Å². The summed E-state index contributed by atoms with van der Waals surface area (Å²) in [6, 6.07) is 40.0. The second-order valence-electron chi connectivity index (χ2n) is 7.64. The van der Waals surface area contributed by atoms with Crippen LogP contribution < -0.4 is 4.74 Å². The van der Waals surface area contributed by atoms with Crippen molar-refractivity contribution >= 4 is 5.97 Å². The first-order chi connectivity index (χ1) is 15.3. The van der Waals surface area contributed by atoms with Crippen molar-refractivity contribution in [3.05, 3.63) is 127 Å². The number of rotatable bonds is 4. The van der Waals surface area contributed by atoms with Gasteiger partial charge in [0.25, 0.3) is 0 Å². The molecule has 2 nitrogen and oxygen atoms in total. The number of esters is 1. The van der Waals surface area contributed by atoms with Crippen LogP contribution >= 0.6 is 0 Å². The molecule has 1 aliphatic rings. The Hall–Kier alpha value is -3.65. The van der Waals surface area contributed by atoms with Gasteiger partial charge in [0.05, 0.1) is 5.92 Å². The van der Waals surface area contributed by atoms with E-state index < -0.39 is 0 Å². The van der Waals surface area contributed by atoms with Crippen LogP contribution in [0.1, 0.15) is 24.3 Å². The lowest BCUT2D eigenvalue weighted by atomic mass is 9.70. The summed E-state index contributed by atoms with van der Waals surface area (Å²) in [7, 11) is 0. The fourth-order valence-corrected chi connectivity index (χ4v) is 3.86. The van der Waals surface area contributed by atoms with Gasteiger partial charge in [0.2, 0.25) is 0 Å². The van der Waals surface area contributed by atoms with E-state index >= 15 is 0 Å². The molecule has 0 saturated heterocycles. The lowest BCUT2D eigenvalue weighted by Gasteiger charge is -2.35. The molecule has 154 valence electrons. The number of carbonyl (C=O) groups is 1. The Morgan fingerprint density at radius 1 is 0.613 bits per heavy atom. The Kier molecular flexibility index (Phi) is 6.92. The van der Waals surface area contributed by atoms with Crippen molar-refractivity contribution in [1.82, 2.24) is 0 Å². The molecular weight excluding hydrogens is 380 g/mol. The molecule has 1 aliphatic carbocycles. The fourth-order valence-electron chi connectivity index (χ4n) is 3.86. The molecule has 2 heteroatoms. The van der Waals surface area contributed by atoms with E-state index in [0.29, 0.717) is 5.75 Å². The summed E-state index contributed by atoms with van der Waals surface area (Å²) in [6.07, 6.45) is 1.94. The van der Waals surface area contributed by atoms with Gasteiger partial charge in [-0.2, -0.15) is 0 Å². The topological polar surface area (TPSA) is 26.3 Å². The average Bonchev–Trinajstić information content (AvgIpc) is 2.81. The third kappa shape index (κ3) is 5.29. The third-order valence-electron chi connectivity index (χ3n) is 5.65. The molecule has 2 atom stereocenters. The maximum absolute atomic E-state index is 12.7. The fraction of sp³-hybridized carbons (Fsp3) is 0.138. The Labute approximate surface area is 184 Å². The standard InChI is InChI=1S/C23H20O2.C6H6/c24-23(21-16-15-19(21)17-9-3-1-4-10-17)25-22-14-8-7-13-20(22)18-11-5-2-6-12-18;1-2-4-6-5-3-1/h1-14,19,21H,15-16H2;1-6H. The molecule has 0 spiro atoms. The highest BCUT2D eigenvalue weighted by Gasteiger charge is 2.39. The summed E-state index contributed by atoms with van der Waals surface area (Å²) < 4.78 is 5.82. The Morgan fingerprint density at radius 2 is 1.13 bits per heavy atom. The number of carbonyl (C=O) groups excluding carboxylic acids is 1. The van der Waals surface area contributed by atoms with E-state index in [1.165, 1.54) is 5.56 Å². The summed E-state index contributed by atoms with van der Waals surface area (Å²) in [5, 5.41) is 0. The molecule has 0 amide bonds. The van der Waals surface area contributed by atoms with Gasteiger partial charge in [0.15, 0.2) is 0 Å². The minimum Gasteiger partial charge on any atom is -0.426 e. The molecule has 0 aliphatic heterocycles. The van der Waals surface area contributed by atoms with Crippen molar-refractivity contribution in [2.75, 3.05) is 0 Å². The first-order valence-corrected chi connectivity index (χ1v) is 10.7. The molecule has 0 heterocycles. The Bertz CT molecular complexity index is 1050. The molecule has 0 N–H and O–H groups in total. The van der Waals surface area contributed by atoms with Gasteiger partial charge in [0.1, 0.15) is 5.75 Å². The van der Waals surface area contributed by atoms with Crippen molar-refractivity contribution < 1.29 is 9.53 Å². The SMILES string of the molecule is O=C(Oc1ccccc1-c1ccccc1)C1CCC1c1ccccc1.c1ccccc1. The smallest absolute Gasteiger partial charge is 0.314 e. The largest absolute Gasteiger partial charge is 0.426 e. The molecule has 1 saturated carbocycles. The molecule has 1 fully saturated rings. The van der Waals surface area contributed by atoms with Crippen LogP contribution in [-0.4, -0.2) is 5.97 Å². The van der Waals surface area contributed by atoms with E-state index in [4.69, 9.17) is 4.74 Å². The van der Waals surface area contributed by atoms with Crippen LogP contribution in [0.5, 0.6) is 5.75 Å². The first-order valence-electron chi connectivity index (χ1n) is 10.7. The molecule has 4 aromatic rings. The summed E-state index contributed by atoms with van der Waals surface area (Å²) >= 11 is 0. The molecule has 4 aromatic carbocycles. The maximum atomic E-state index is 12.7. The van der Waals surface area contributed by atoms with E-state index in [0.717, 1.165) is 24.0 Å². The van der Waals surface area contributed by atoms with Crippen molar-refractivity contribution in [2.45, 2.75) is 18.8 Å². The third-order valence-corrected chi connectivity index (χ3v) is 5.65. The summed E-state index contributed by atoms with van der Waals surface area (Å²) in [5.41, 5.74) is 3.23. The highest BCUT2D eigenvalue weighted by Crippen LogP contribution is 2.43. The molecule has 5 rings (SSSR count). The maximum Gasteiger partial charge on any atom is 0.314 e. The van der Waals surface area contributed by atoms with Crippen LogP contribution in [0.4, 0.5) is 0 Å². The van der Waals surface area contributed by atoms with Crippen LogP contribution in [0.15, 0.2) is 121 Å². The lowest BCUT2D eigenvalue weighted by molar-refractivity contribution is -0.142. The molecule has 0 bridgehead atoms. The van der Waals surface area contributed by atoms with Crippen LogP contribution in [0, 0.1) is 5.92 Å². The zero-order valence-corrected chi connectivity index (χ0v) is 17.4. The van der Waals surface area contributed by atoms with Crippen molar-refractivity contribution in [3.8, 4) is 16.9 Å². The van der Waals surface area contributed by atoms with Crippen LogP contribution in [0.2, 0.25) is 0 Å². The van der Waals surface area contributed by atoms with E-state index in [2.05, 4.69) is 12.1 Å². The minimum atomic E-state index is -0.122. The number of hydrogen-bond donors (Lipinski definition) is 0. The average molecular weight is 407 g/mol. The minimum absolute atomic E-state index is 0.0498. The zero-order chi connectivity index (χ0) is 21.3. The summed E-state index contributed by atoms with van der Waals surface area (Å²) in [5.74, 6) is 0.740. The van der Waals surface area contributed by atoms with Gasteiger partial charge in [0, 0.05) is 5.56 Å². The van der Waals surface area contributed by atoms with Crippen LogP contribution in [0.3, 0.4) is 0 Å². The molecular formula is C29H26O2. The Balaban J connectivity index is 0.000000334. The zero-order valence-electron chi connectivity index (χ0n) is 17.4. The molecule has 31 heavy (non-hydrogen) atoms. The Morgan fingerprint density at radius 3 is 1.71 bits per heavy atom. The van der Waals surface area contributed by atoms with Gasteiger partial charge in [-0.3, -0.25) is 4.79 Å². The molecule has 0 aromatic heterocycles. The van der Waals surface area contributed by atoms with Gasteiger partial charge in [-0.15, -0.1) is 0 Å². The number of ether oxygens (including phenoxy) is 1. The van der Waals surface area contributed by atoms with Crippen molar-refractivity contribution in [3.63, 3.8) is 0 Å². The summed E-state index contributed by atoms with van der Waals surface area (Å²) in [4.78, 5) is 12.7. The molecule has 0 radical (unpaired) electrons. The van der Waals surface area contributed by atoms with E-state index in [9.17, 15) is 4.79 Å². The quantitative estimate of drug-likeness (QED) is 0.266. The summed E-state index contributed by atoms with van der Waals surface area (Å²) in [6.45, 7) is 0. The van der Waals surface area contributed by atoms with E-state index in [1.54, 1.807) is 0 Å². The van der Waals surface area contributed by atoms with Gasteiger partial charge >= 0.3 is 5.97 Å². The van der Waals surface area contributed by atoms with Gasteiger partial charge in [-0.25, -0.2) is 0 Å². The normalized spacial score (nSPS) is 16.9. The van der Waals surface area contributed by atoms with Crippen LogP contribution in [0.25, 0.3) is 11.1 Å². The second kappa shape index (κ2) is 10.4. The lowest BCUT2D eigenvalue weighted by Crippen LogP contribution is -2.34. The molecule has 2 unspecified atom stereocenters. The second-order valence-corrected chi connectivity index (χ2v) is 7.64. The highest BCUT2D eigenvalue weighted by molar-refractivity contribution is 5.81. The van der Waals surface area contributed by atoms with Crippen molar-refractivity contribution in [1.29, 1.82) is 0 Å². The number of benzene rings is 4. The van der Waals surface area contributed by atoms with Crippen LogP contribution in [-0.2, 0) is 4.79 Å².